The summed E-state index contributed by atoms with van der Waals surface area (Å²) in [5.41, 5.74) is 2.14. The molecule has 4 rings (SSSR count). The average molecular weight is 415 g/mol. The third-order valence-corrected chi connectivity index (χ3v) is 7.02. The van der Waals surface area contributed by atoms with Crippen molar-refractivity contribution in [1.82, 2.24) is 9.88 Å². The van der Waals surface area contributed by atoms with Gasteiger partial charge in [0.1, 0.15) is 6.04 Å². The molecule has 1 aliphatic heterocycles. The maximum absolute atomic E-state index is 12.8. The van der Waals surface area contributed by atoms with E-state index in [9.17, 15) is 4.79 Å². The molecule has 1 aromatic heterocycles. The highest BCUT2D eigenvalue weighted by molar-refractivity contribution is 7.18. The topological polar surface area (TPSA) is 49.8 Å². The Balaban J connectivity index is 1.37. The lowest BCUT2D eigenvalue weighted by molar-refractivity contribution is -0.683. The summed E-state index contributed by atoms with van der Waals surface area (Å²) in [7, 11) is 0. The van der Waals surface area contributed by atoms with Crippen molar-refractivity contribution in [2.45, 2.75) is 31.7 Å². The number of fused-ring (bicyclic) bond motifs is 1. The predicted molar refractivity (Wildman–Crippen MR) is 115 cm³/mol. The van der Waals surface area contributed by atoms with Gasteiger partial charge in [-0.05, 0) is 38.0 Å². The summed E-state index contributed by atoms with van der Waals surface area (Å²) in [5.74, 6) is 0.542. The van der Waals surface area contributed by atoms with E-state index in [-0.39, 0.29) is 11.9 Å². The van der Waals surface area contributed by atoms with E-state index in [1.54, 1.807) is 11.3 Å². The van der Waals surface area contributed by atoms with Gasteiger partial charge in [-0.25, -0.2) is 4.98 Å². The van der Waals surface area contributed by atoms with Crippen LogP contribution in [0.5, 0.6) is 0 Å². The molecule has 6 heteroatoms. The minimum atomic E-state index is 0.155. The van der Waals surface area contributed by atoms with Gasteiger partial charge in [-0.3, -0.25) is 4.79 Å². The second kappa shape index (κ2) is 8.60. The predicted octanol–water partition coefficient (Wildman–Crippen LogP) is 3.98. The first-order chi connectivity index (χ1) is 13.6. The molecule has 0 radical (unpaired) electrons. The molecular formula is C22H25ClN3OS+. The molecule has 2 heterocycles. The van der Waals surface area contributed by atoms with Gasteiger partial charge >= 0.3 is 0 Å². The van der Waals surface area contributed by atoms with Gasteiger partial charge in [0, 0.05) is 29.6 Å². The number of thiazole rings is 1. The number of carbonyl (C=O) groups excluding carboxylic acids is 1. The minimum Gasteiger partial charge on any atom is -0.337 e. The van der Waals surface area contributed by atoms with E-state index in [1.807, 2.05) is 35.2 Å². The number of carbonyl (C=O) groups is 1. The molecule has 1 aliphatic rings. The Labute approximate surface area is 174 Å². The van der Waals surface area contributed by atoms with Crippen molar-refractivity contribution in [3.8, 4) is 0 Å². The van der Waals surface area contributed by atoms with Crippen molar-refractivity contribution in [1.29, 1.82) is 0 Å². The van der Waals surface area contributed by atoms with Gasteiger partial charge in [0.25, 0.3) is 5.91 Å². The molecule has 1 saturated heterocycles. The van der Waals surface area contributed by atoms with Gasteiger partial charge in [-0.1, -0.05) is 41.9 Å². The number of nitrogens with two attached hydrogens (primary N) is 1. The smallest absolute Gasteiger partial charge is 0.277 e. The quantitative estimate of drug-likeness (QED) is 0.686. The number of rotatable bonds is 5. The summed E-state index contributed by atoms with van der Waals surface area (Å²) in [6, 6.07) is 16.3. The van der Waals surface area contributed by atoms with Crippen LogP contribution in [0.4, 0.5) is 0 Å². The summed E-state index contributed by atoms with van der Waals surface area (Å²) in [4.78, 5) is 19.6. The summed E-state index contributed by atoms with van der Waals surface area (Å²) in [6.45, 7) is 4.15. The van der Waals surface area contributed by atoms with Gasteiger partial charge in [0.2, 0.25) is 0 Å². The molecule has 0 spiro atoms. The molecule has 28 heavy (non-hydrogen) atoms. The molecule has 0 unspecified atom stereocenters. The van der Waals surface area contributed by atoms with Crippen LogP contribution in [0.3, 0.4) is 0 Å². The Morgan fingerprint density at radius 2 is 2.07 bits per heavy atom. The van der Waals surface area contributed by atoms with E-state index >= 15 is 0 Å². The standard InChI is InChI=1S/C22H24ClN3OS/c1-15(17-8-2-3-9-18(17)23)24-13-21(27)26-12-6-7-16(14-26)22-25-19-10-4-5-11-20(19)28-22/h2-5,8-11,15-16,24H,6-7,12-14H2,1H3/p+1/t15-,16+/m1/s1. The number of hydrogen-bond acceptors (Lipinski definition) is 3. The van der Waals surface area contributed by atoms with Crippen molar-refractivity contribution in [3.63, 3.8) is 0 Å². The number of hydrogen-bond donors (Lipinski definition) is 1. The molecule has 2 N–H and O–H groups in total. The van der Waals surface area contributed by atoms with Crippen LogP contribution in [0.25, 0.3) is 10.2 Å². The minimum absolute atomic E-state index is 0.155. The van der Waals surface area contributed by atoms with E-state index in [1.165, 1.54) is 4.70 Å². The van der Waals surface area contributed by atoms with Crippen LogP contribution < -0.4 is 5.32 Å². The summed E-state index contributed by atoms with van der Waals surface area (Å²) >= 11 is 8.05. The van der Waals surface area contributed by atoms with E-state index in [2.05, 4.69) is 30.4 Å². The molecule has 1 amide bonds. The fraction of sp³-hybridized carbons (Fsp3) is 0.364. The fourth-order valence-electron chi connectivity index (χ4n) is 3.85. The van der Waals surface area contributed by atoms with E-state index < -0.39 is 0 Å². The highest BCUT2D eigenvalue weighted by Crippen LogP contribution is 2.32. The summed E-state index contributed by atoms with van der Waals surface area (Å²) in [5, 5.41) is 3.99. The van der Waals surface area contributed by atoms with Crippen LogP contribution in [-0.4, -0.2) is 35.4 Å². The highest BCUT2D eigenvalue weighted by atomic mass is 35.5. The average Bonchev–Trinajstić information content (AvgIpc) is 3.16. The second-order valence-electron chi connectivity index (χ2n) is 7.45. The number of halogens is 1. The number of benzene rings is 2. The van der Waals surface area contributed by atoms with Crippen molar-refractivity contribution < 1.29 is 10.1 Å². The van der Waals surface area contributed by atoms with Crippen LogP contribution in [0.15, 0.2) is 48.5 Å². The third kappa shape index (κ3) is 4.22. The molecule has 0 saturated carbocycles. The molecule has 4 nitrogen and oxygen atoms in total. The van der Waals surface area contributed by atoms with E-state index in [0.717, 1.165) is 47.0 Å². The maximum Gasteiger partial charge on any atom is 0.277 e. The summed E-state index contributed by atoms with van der Waals surface area (Å²) in [6.07, 6.45) is 2.13. The molecule has 3 aromatic rings. The summed E-state index contributed by atoms with van der Waals surface area (Å²) < 4.78 is 1.22. The van der Waals surface area contributed by atoms with Gasteiger partial charge in [-0.2, -0.15) is 0 Å². The Morgan fingerprint density at radius 1 is 1.29 bits per heavy atom. The maximum atomic E-state index is 12.8. The van der Waals surface area contributed by atoms with Gasteiger partial charge < -0.3 is 10.2 Å². The zero-order valence-electron chi connectivity index (χ0n) is 16.0. The zero-order valence-corrected chi connectivity index (χ0v) is 17.5. The van der Waals surface area contributed by atoms with Crippen LogP contribution in [-0.2, 0) is 4.79 Å². The van der Waals surface area contributed by atoms with Crippen LogP contribution in [0.2, 0.25) is 5.02 Å². The van der Waals surface area contributed by atoms with Crippen LogP contribution in [0, 0.1) is 0 Å². The molecule has 0 bridgehead atoms. The largest absolute Gasteiger partial charge is 0.337 e. The normalized spacial score (nSPS) is 18.4. The molecule has 2 aromatic carbocycles. The number of piperidine rings is 1. The number of likely N-dealkylation sites (tertiary alicyclic amines) is 1. The van der Waals surface area contributed by atoms with Crippen LogP contribution in [0.1, 0.15) is 42.3 Å². The first-order valence-electron chi connectivity index (χ1n) is 9.83. The SMILES string of the molecule is C[C@@H]([NH2+]CC(=O)N1CCC[C@H](c2nc3ccccc3s2)C1)c1ccccc1Cl. The first kappa shape index (κ1) is 19.4. The van der Waals surface area contributed by atoms with Crippen molar-refractivity contribution in [3.05, 3.63) is 64.1 Å². The van der Waals surface area contributed by atoms with Gasteiger partial charge in [0.15, 0.2) is 6.54 Å². The Bertz CT molecular complexity index is 940. The Kier molecular flexibility index (Phi) is 5.95. The molecule has 0 aliphatic carbocycles. The lowest BCUT2D eigenvalue weighted by Gasteiger charge is -2.31. The molecule has 2 atom stereocenters. The van der Waals surface area contributed by atoms with Crippen molar-refractivity contribution >= 4 is 39.1 Å². The van der Waals surface area contributed by atoms with Crippen LogP contribution >= 0.6 is 22.9 Å². The van der Waals surface area contributed by atoms with Crippen molar-refractivity contribution in [2.75, 3.05) is 19.6 Å². The van der Waals surface area contributed by atoms with Gasteiger partial charge in [0.05, 0.1) is 15.2 Å². The number of nitrogens with zero attached hydrogens (tertiary/aromatic N) is 2. The van der Waals surface area contributed by atoms with Gasteiger partial charge in [-0.15, -0.1) is 11.3 Å². The third-order valence-electron chi connectivity index (χ3n) is 5.48. The number of quaternary nitrogens is 1. The zero-order chi connectivity index (χ0) is 19.5. The second-order valence-corrected chi connectivity index (χ2v) is 8.92. The molecular weight excluding hydrogens is 390 g/mol. The fourth-order valence-corrected chi connectivity index (χ4v) is 5.25. The lowest BCUT2D eigenvalue weighted by Crippen LogP contribution is -2.87. The number of aromatic nitrogens is 1. The molecule has 146 valence electrons. The monoisotopic (exact) mass is 414 g/mol. The lowest BCUT2D eigenvalue weighted by atomic mass is 9.98. The van der Waals surface area contributed by atoms with E-state index in [0.29, 0.717) is 12.5 Å². The number of amides is 1. The van der Waals surface area contributed by atoms with Crippen molar-refractivity contribution in [2.24, 2.45) is 0 Å². The number of para-hydroxylation sites is 1. The Hall–Kier alpha value is -1.95. The highest BCUT2D eigenvalue weighted by Gasteiger charge is 2.28. The Morgan fingerprint density at radius 3 is 2.89 bits per heavy atom. The first-order valence-corrected chi connectivity index (χ1v) is 11.0. The van der Waals surface area contributed by atoms with E-state index in [4.69, 9.17) is 16.6 Å². The molecule has 1 fully saturated rings.